The predicted octanol–water partition coefficient (Wildman–Crippen LogP) is -0.842. The van der Waals surface area contributed by atoms with Crippen molar-refractivity contribution in [2.45, 2.75) is 13.8 Å². The van der Waals surface area contributed by atoms with E-state index in [9.17, 15) is 0 Å². The van der Waals surface area contributed by atoms with E-state index in [0.29, 0.717) is 5.78 Å². The summed E-state index contributed by atoms with van der Waals surface area (Å²) in [4.78, 5) is 8.46. The molecule has 0 spiro atoms. The fraction of sp³-hybridized carbons (Fsp3) is 0.583. The Morgan fingerprint density at radius 1 is 1.33 bits per heavy atom. The maximum Gasteiger partial charge on any atom is 0.256 e. The molecule has 1 aliphatic heterocycles. The molecule has 3 heterocycles. The largest absolute Gasteiger partial charge is 0.346 e. The van der Waals surface area contributed by atoms with Gasteiger partial charge in [0, 0.05) is 11.8 Å². The molecule has 0 saturated carbocycles. The van der Waals surface area contributed by atoms with Gasteiger partial charge in [0.1, 0.15) is 12.1 Å². The van der Waals surface area contributed by atoms with Crippen LogP contribution in [0.25, 0.3) is 5.78 Å². The van der Waals surface area contributed by atoms with Crippen molar-refractivity contribution in [3.05, 3.63) is 18.1 Å². The zero-order valence-corrected chi connectivity index (χ0v) is 10.9. The average molecular weight is 247 g/mol. The lowest BCUT2D eigenvalue weighted by atomic mass is 10.3. The molecule has 1 aliphatic rings. The smallest absolute Gasteiger partial charge is 0.256 e. The number of quaternary nitrogens is 1. The van der Waals surface area contributed by atoms with Gasteiger partial charge in [-0.25, -0.2) is 4.98 Å². The van der Waals surface area contributed by atoms with Crippen LogP contribution in [0.1, 0.15) is 12.6 Å². The topological polar surface area (TPSA) is 50.8 Å². The van der Waals surface area contributed by atoms with E-state index in [1.165, 1.54) is 19.6 Å². The van der Waals surface area contributed by atoms with E-state index in [1.807, 2.05) is 11.3 Å². The molecule has 0 bridgehead atoms. The number of anilines is 1. The Balaban J connectivity index is 1.92. The molecular weight excluding hydrogens is 228 g/mol. The summed E-state index contributed by atoms with van der Waals surface area (Å²) < 4.78 is 1.98. The van der Waals surface area contributed by atoms with Gasteiger partial charge in [0.15, 0.2) is 0 Å². The van der Waals surface area contributed by atoms with Crippen LogP contribution in [0, 0.1) is 6.92 Å². The molecule has 3 rings (SSSR count). The molecule has 2 aromatic rings. The van der Waals surface area contributed by atoms with Crippen LogP contribution in [0.3, 0.4) is 0 Å². The number of fused-ring (bicyclic) bond motifs is 1. The third kappa shape index (κ3) is 1.92. The molecule has 6 nitrogen and oxygen atoms in total. The van der Waals surface area contributed by atoms with E-state index < -0.39 is 0 Å². The van der Waals surface area contributed by atoms with Gasteiger partial charge in [-0.15, -0.1) is 10.2 Å². The summed E-state index contributed by atoms with van der Waals surface area (Å²) in [5.74, 6) is 1.85. The van der Waals surface area contributed by atoms with Gasteiger partial charge in [0.25, 0.3) is 5.78 Å². The Bertz CT molecular complexity index is 540. The third-order valence-corrected chi connectivity index (χ3v) is 3.69. The number of aryl methyl sites for hydroxylation is 1. The second-order valence-corrected chi connectivity index (χ2v) is 4.85. The highest BCUT2D eigenvalue weighted by Crippen LogP contribution is 2.16. The minimum Gasteiger partial charge on any atom is -0.346 e. The van der Waals surface area contributed by atoms with Crippen molar-refractivity contribution in [2.24, 2.45) is 0 Å². The lowest BCUT2D eigenvalue weighted by Gasteiger charge is -2.33. The normalized spacial score (nSPS) is 17.6. The summed E-state index contributed by atoms with van der Waals surface area (Å²) in [6.45, 7) is 10.0. The fourth-order valence-electron chi connectivity index (χ4n) is 2.56. The second kappa shape index (κ2) is 4.53. The summed E-state index contributed by atoms with van der Waals surface area (Å²) >= 11 is 0. The summed E-state index contributed by atoms with van der Waals surface area (Å²) in [7, 11) is 0. The molecule has 0 amide bonds. The quantitative estimate of drug-likeness (QED) is 0.751. The summed E-state index contributed by atoms with van der Waals surface area (Å²) in [5, 5.41) is 7.98. The first-order chi connectivity index (χ1) is 8.78. The molecular formula is C12H19N6+. The van der Waals surface area contributed by atoms with E-state index in [2.05, 4.69) is 33.1 Å². The number of nitrogens with one attached hydrogen (secondary N) is 1. The van der Waals surface area contributed by atoms with Gasteiger partial charge in [-0.3, -0.25) is 4.40 Å². The van der Waals surface area contributed by atoms with Crippen molar-refractivity contribution < 1.29 is 4.90 Å². The molecule has 0 radical (unpaired) electrons. The molecule has 1 saturated heterocycles. The predicted molar refractivity (Wildman–Crippen MR) is 69.0 cm³/mol. The number of rotatable bonds is 2. The fourth-order valence-corrected chi connectivity index (χ4v) is 2.56. The number of aromatic nitrogens is 4. The molecule has 1 fully saturated rings. The molecule has 2 aromatic heterocycles. The summed E-state index contributed by atoms with van der Waals surface area (Å²) in [5.41, 5.74) is 0.996. The van der Waals surface area contributed by atoms with Crippen LogP contribution in [-0.2, 0) is 0 Å². The van der Waals surface area contributed by atoms with Gasteiger partial charge in [0.05, 0.1) is 32.7 Å². The first-order valence-electron chi connectivity index (χ1n) is 6.54. The first kappa shape index (κ1) is 11.4. The van der Waals surface area contributed by atoms with Crippen LogP contribution in [0.5, 0.6) is 0 Å². The van der Waals surface area contributed by atoms with Crippen molar-refractivity contribution >= 4 is 11.6 Å². The molecule has 96 valence electrons. The van der Waals surface area contributed by atoms with E-state index in [1.54, 1.807) is 11.2 Å². The Morgan fingerprint density at radius 3 is 2.83 bits per heavy atom. The highest BCUT2D eigenvalue weighted by Gasteiger charge is 2.21. The van der Waals surface area contributed by atoms with Gasteiger partial charge in [0.2, 0.25) is 0 Å². The highest BCUT2D eigenvalue weighted by molar-refractivity contribution is 5.48. The average Bonchev–Trinajstić information content (AvgIpc) is 2.86. The number of nitrogens with zero attached hydrogens (tertiary/aromatic N) is 5. The van der Waals surface area contributed by atoms with Crippen LogP contribution in [0.2, 0.25) is 0 Å². The molecule has 0 aliphatic carbocycles. The highest BCUT2D eigenvalue weighted by atomic mass is 15.3. The van der Waals surface area contributed by atoms with Crippen molar-refractivity contribution in [2.75, 3.05) is 37.6 Å². The van der Waals surface area contributed by atoms with Crippen molar-refractivity contribution in [3.8, 4) is 0 Å². The Morgan fingerprint density at radius 2 is 2.11 bits per heavy atom. The second-order valence-electron chi connectivity index (χ2n) is 4.85. The Labute approximate surface area is 106 Å². The summed E-state index contributed by atoms with van der Waals surface area (Å²) in [6, 6.07) is 2.12. The Hall–Kier alpha value is -1.69. The van der Waals surface area contributed by atoms with Gasteiger partial charge < -0.3 is 9.80 Å². The molecule has 0 aromatic carbocycles. The van der Waals surface area contributed by atoms with Crippen LogP contribution in [-0.4, -0.2) is 52.3 Å². The third-order valence-electron chi connectivity index (χ3n) is 3.69. The Kier molecular flexibility index (Phi) is 2.87. The maximum atomic E-state index is 4.38. The number of hydrogen-bond donors (Lipinski definition) is 1. The summed E-state index contributed by atoms with van der Waals surface area (Å²) in [6.07, 6.45) is 1.75. The lowest BCUT2D eigenvalue weighted by molar-refractivity contribution is -0.898. The molecule has 0 unspecified atom stereocenters. The van der Waals surface area contributed by atoms with Crippen molar-refractivity contribution in [1.82, 2.24) is 19.6 Å². The van der Waals surface area contributed by atoms with Gasteiger partial charge in [-0.2, -0.15) is 0 Å². The van der Waals surface area contributed by atoms with Gasteiger partial charge in [-0.1, -0.05) is 0 Å². The lowest BCUT2D eigenvalue weighted by Crippen LogP contribution is -3.14. The van der Waals surface area contributed by atoms with Crippen LogP contribution in [0.15, 0.2) is 12.4 Å². The molecule has 18 heavy (non-hydrogen) atoms. The zero-order chi connectivity index (χ0) is 12.5. The monoisotopic (exact) mass is 247 g/mol. The van der Waals surface area contributed by atoms with Crippen LogP contribution < -0.4 is 9.80 Å². The minimum atomic E-state index is 0.690. The minimum absolute atomic E-state index is 0.690. The van der Waals surface area contributed by atoms with Crippen LogP contribution >= 0.6 is 0 Å². The number of hydrogen-bond acceptors (Lipinski definition) is 4. The number of likely N-dealkylation sites (N-methyl/N-ethyl adjacent to an activating group) is 1. The molecule has 6 heteroatoms. The van der Waals surface area contributed by atoms with Gasteiger partial charge in [-0.05, 0) is 13.8 Å². The standard InChI is InChI=1S/C12H18N6/c1-3-16-4-6-17(7-5-16)11-8-10(2)14-12-15-13-9-18(11)12/h8-9H,3-7H2,1-2H3/p+1. The van der Waals surface area contributed by atoms with Crippen molar-refractivity contribution in [1.29, 1.82) is 0 Å². The number of piperazine rings is 1. The van der Waals surface area contributed by atoms with E-state index in [0.717, 1.165) is 24.6 Å². The first-order valence-corrected chi connectivity index (χ1v) is 6.54. The molecule has 0 atom stereocenters. The van der Waals surface area contributed by atoms with E-state index >= 15 is 0 Å². The molecule has 1 N–H and O–H groups in total. The van der Waals surface area contributed by atoms with E-state index in [-0.39, 0.29) is 0 Å². The van der Waals surface area contributed by atoms with E-state index in [4.69, 9.17) is 0 Å². The maximum absolute atomic E-state index is 4.38. The van der Waals surface area contributed by atoms with Crippen LogP contribution in [0.4, 0.5) is 5.82 Å². The zero-order valence-electron chi connectivity index (χ0n) is 10.9. The van der Waals surface area contributed by atoms with Crippen molar-refractivity contribution in [3.63, 3.8) is 0 Å². The van der Waals surface area contributed by atoms with Gasteiger partial charge >= 0.3 is 0 Å². The SMILES string of the molecule is CC[NH+]1CCN(c2cc(C)nc3nncn23)CC1.